The fourth-order valence-corrected chi connectivity index (χ4v) is 2.54. The Morgan fingerprint density at radius 1 is 1.30 bits per heavy atom. The van der Waals surface area contributed by atoms with Crippen LogP contribution in [0.25, 0.3) is 10.9 Å². The summed E-state index contributed by atoms with van der Waals surface area (Å²) >= 11 is 3.34. The van der Waals surface area contributed by atoms with Gasteiger partial charge in [0.05, 0.1) is 5.52 Å². The Labute approximate surface area is 123 Å². The molecule has 0 aliphatic heterocycles. The van der Waals surface area contributed by atoms with E-state index in [4.69, 9.17) is 0 Å². The van der Waals surface area contributed by atoms with Crippen LogP contribution >= 0.6 is 15.9 Å². The maximum Gasteiger partial charge on any atom is 0.407 e. The number of benzene rings is 1. The molecule has 0 radical (unpaired) electrons. The average Bonchev–Trinajstić information content (AvgIpc) is 2.40. The molecule has 0 saturated carbocycles. The second kappa shape index (κ2) is 6.10. The summed E-state index contributed by atoms with van der Waals surface area (Å²) in [4.78, 5) is 4.11. The molecule has 2 aromatic rings. The first-order valence-corrected chi connectivity index (χ1v) is 7.07. The van der Waals surface area contributed by atoms with Crippen LogP contribution in [0.3, 0.4) is 0 Å². The van der Waals surface area contributed by atoms with Crippen molar-refractivity contribution in [2.24, 2.45) is 0 Å². The van der Waals surface area contributed by atoms with Crippen LogP contribution in [-0.2, 0) is 0 Å². The van der Waals surface area contributed by atoms with Gasteiger partial charge in [0.1, 0.15) is 6.04 Å². The lowest BCUT2D eigenvalue weighted by Crippen LogP contribution is -2.34. The number of halogens is 4. The smallest absolute Gasteiger partial charge is 0.302 e. The minimum absolute atomic E-state index is 0.157. The van der Waals surface area contributed by atoms with E-state index < -0.39 is 12.2 Å². The van der Waals surface area contributed by atoms with E-state index in [1.54, 1.807) is 18.2 Å². The van der Waals surface area contributed by atoms with Gasteiger partial charge in [0, 0.05) is 21.6 Å². The third kappa shape index (κ3) is 3.12. The second-order valence-electron chi connectivity index (χ2n) is 4.46. The van der Waals surface area contributed by atoms with Gasteiger partial charge in [0.25, 0.3) is 0 Å². The number of hydrogen-bond acceptors (Lipinski definition) is 2. The van der Waals surface area contributed by atoms with Crippen molar-refractivity contribution in [1.29, 1.82) is 0 Å². The summed E-state index contributed by atoms with van der Waals surface area (Å²) in [5.41, 5.74) is 0.526. The first-order chi connectivity index (χ1) is 9.45. The maximum absolute atomic E-state index is 13.3. The molecular weight excluding hydrogens is 333 g/mol. The molecule has 1 N–H and O–H groups in total. The molecule has 2 nitrogen and oxygen atoms in total. The summed E-state index contributed by atoms with van der Waals surface area (Å²) in [6.07, 6.45) is -2.21. The number of aromatic nitrogens is 1. The van der Waals surface area contributed by atoms with Gasteiger partial charge in [-0.15, -0.1) is 0 Å². The first-order valence-electron chi connectivity index (χ1n) is 6.28. The van der Waals surface area contributed by atoms with Crippen LogP contribution in [0.15, 0.2) is 34.9 Å². The largest absolute Gasteiger partial charge is 0.407 e. The van der Waals surface area contributed by atoms with Gasteiger partial charge in [-0.2, -0.15) is 13.2 Å². The van der Waals surface area contributed by atoms with Crippen LogP contribution in [0.1, 0.15) is 24.9 Å². The van der Waals surface area contributed by atoms with Gasteiger partial charge in [0.15, 0.2) is 0 Å². The van der Waals surface area contributed by atoms with Crippen LogP contribution in [0.4, 0.5) is 13.2 Å². The molecular formula is C14H14BrF3N2. The van der Waals surface area contributed by atoms with E-state index in [2.05, 4.69) is 26.2 Å². The van der Waals surface area contributed by atoms with Crippen LogP contribution in [0.2, 0.25) is 0 Å². The third-order valence-electron chi connectivity index (χ3n) is 2.98. The first kappa shape index (κ1) is 15.3. The molecule has 1 heterocycles. The van der Waals surface area contributed by atoms with Crippen molar-refractivity contribution in [2.75, 3.05) is 6.54 Å². The second-order valence-corrected chi connectivity index (χ2v) is 5.32. The minimum Gasteiger partial charge on any atom is -0.302 e. The number of pyridine rings is 1. The lowest BCUT2D eigenvalue weighted by Gasteiger charge is -2.23. The minimum atomic E-state index is -4.35. The van der Waals surface area contributed by atoms with Crippen molar-refractivity contribution < 1.29 is 13.2 Å². The van der Waals surface area contributed by atoms with E-state index in [1.165, 1.54) is 12.3 Å². The van der Waals surface area contributed by atoms with Crippen LogP contribution < -0.4 is 5.32 Å². The number of rotatable bonds is 4. The molecule has 0 bridgehead atoms. The van der Waals surface area contributed by atoms with E-state index in [9.17, 15) is 13.2 Å². The Kier molecular flexibility index (Phi) is 4.65. The molecule has 20 heavy (non-hydrogen) atoms. The van der Waals surface area contributed by atoms with Gasteiger partial charge in [-0.25, -0.2) is 0 Å². The van der Waals surface area contributed by atoms with Crippen LogP contribution in [-0.4, -0.2) is 17.7 Å². The van der Waals surface area contributed by atoms with Gasteiger partial charge in [-0.05, 0) is 25.1 Å². The summed E-state index contributed by atoms with van der Waals surface area (Å²) in [5.74, 6) is 0. The fourth-order valence-electron chi connectivity index (χ4n) is 2.08. The SMILES string of the molecule is CCCNC(c1ccc(Br)c2cccnc12)C(F)(F)F. The highest BCUT2D eigenvalue weighted by molar-refractivity contribution is 9.10. The van der Waals surface area contributed by atoms with Crippen LogP contribution in [0.5, 0.6) is 0 Å². The van der Waals surface area contributed by atoms with Crippen molar-refractivity contribution in [3.8, 4) is 0 Å². The molecule has 0 fully saturated rings. The fraction of sp³-hybridized carbons (Fsp3) is 0.357. The van der Waals surface area contributed by atoms with Crippen molar-refractivity contribution in [1.82, 2.24) is 10.3 Å². The summed E-state index contributed by atoms with van der Waals surface area (Å²) in [6, 6.07) is 4.86. The Hall–Kier alpha value is -1.14. The number of nitrogens with zero attached hydrogens (tertiary/aromatic N) is 1. The topological polar surface area (TPSA) is 24.9 Å². The molecule has 0 spiro atoms. The molecule has 2 rings (SSSR count). The van der Waals surface area contributed by atoms with Gasteiger partial charge < -0.3 is 5.32 Å². The molecule has 108 valence electrons. The molecule has 1 unspecified atom stereocenters. The number of nitrogens with one attached hydrogen (secondary N) is 1. The number of hydrogen-bond donors (Lipinski definition) is 1. The standard InChI is InChI=1S/C14H14BrF3N2/c1-2-7-20-13(14(16,17)18)10-5-6-11(15)9-4-3-8-19-12(9)10/h3-6,8,13,20H,2,7H2,1H3. The average molecular weight is 347 g/mol. The molecule has 0 amide bonds. The Morgan fingerprint density at radius 3 is 2.70 bits per heavy atom. The molecule has 0 aliphatic carbocycles. The molecule has 0 saturated heterocycles. The summed E-state index contributed by atoms with van der Waals surface area (Å²) in [7, 11) is 0. The predicted octanol–water partition coefficient (Wildman–Crippen LogP) is 4.60. The zero-order valence-corrected chi connectivity index (χ0v) is 12.4. The van der Waals surface area contributed by atoms with Crippen molar-refractivity contribution in [3.05, 3.63) is 40.5 Å². The molecule has 1 aromatic carbocycles. The molecule has 0 aliphatic rings. The van der Waals surface area contributed by atoms with Gasteiger partial charge in [-0.1, -0.05) is 35.0 Å². The lowest BCUT2D eigenvalue weighted by atomic mass is 10.0. The van der Waals surface area contributed by atoms with Crippen molar-refractivity contribution >= 4 is 26.8 Å². The third-order valence-corrected chi connectivity index (χ3v) is 3.68. The summed E-state index contributed by atoms with van der Waals surface area (Å²) < 4.78 is 40.5. The predicted molar refractivity (Wildman–Crippen MR) is 76.5 cm³/mol. The summed E-state index contributed by atoms with van der Waals surface area (Å²) in [5, 5.41) is 3.24. The van der Waals surface area contributed by atoms with E-state index in [0.717, 1.165) is 4.47 Å². The monoisotopic (exact) mass is 346 g/mol. The highest BCUT2D eigenvalue weighted by atomic mass is 79.9. The maximum atomic E-state index is 13.3. The van der Waals surface area contributed by atoms with Gasteiger partial charge in [0.2, 0.25) is 0 Å². The Bertz CT molecular complexity index is 598. The Balaban J connectivity index is 2.56. The van der Waals surface area contributed by atoms with Crippen LogP contribution in [0, 0.1) is 0 Å². The zero-order valence-electron chi connectivity index (χ0n) is 10.8. The molecule has 1 atom stereocenters. The molecule has 1 aromatic heterocycles. The van der Waals surface area contributed by atoms with Crippen molar-refractivity contribution in [2.45, 2.75) is 25.6 Å². The summed E-state index contributed by atoms with van der Waals surface area (Å²) in [6.45, 7) is 2.13. The highest BCUT2D eigenvalue weighted by Crippen LogP contribution is 2.37. The van der Waals surface area contributed by atoms with Crippen molar-refractivity contribution in [3.63, 3.8) is 0 Å². The Morgan fingerprint density at radius 2 is 2.05 bits per heavy atom. The normalized spacial score (nSPS) is 13.7. The van der Waals surface area contributed by atoms with E-state index >= 15 is 0 Å². The highest BCUT2D eigenvalue weighted by Gasteiger charge is 2.41. The lowest BCUT2D eigenvalue weighted by molar-refractivity contribution is -0.157. The van der Waals surface area contributed by atoms with E-state index in [0.29, 0.717) is 23.9 Å². The zero-order chi connectivity index (χ0) is 14.8. The van der Waals surface area contributed by atoms with E-state index in [-0.39, 0.29) is 5.56 Å². The van der Waals surface area contributed by atoms with E-state index in [1.807, 2.05) is 6.92 Å². The number of fused-ring (bicyclic) bond motifs is 1. The molecule has 6 heteroatoms. The van der Waals surface area contributed by atoms with Gasteiger partial charge in [-0.3, -0.25) is 4.98 Å². The quantitative estimate of drug-likeness (QED) is 0.874. The number of alkyl halides is 3. The van der Waals surface area contributed by atoms with Gasteiger partial charge >= 0.3 is 6.18 Å².